The Bertz CT molecular complexity index is 884. The number of pyridine rings is 1. The van der Waals surface area contributed by atoms with E-state index >= 15 is 0 Å². The number of methoxy groups -OCH3 is 2. The molecular weight excluding hydrogens is 304 g/mol. The number of nitrogens with one attached hydrogen (secondary N) is 1. The molecule has 1 N–H and O–H groups in total. The molecule has 3 aromatic rings. The van der Waals surface area contributed by atoms with E-state index in [2.05, 4.69) is 10.3 Å². The molecule has 0 radical (unpaired) electrons. The van der Waals surface area contributed by atoms with Gasteiger partial charge in [0.05, 0.1) is 25.4 Å². The third-order valence-corrected chi connectivity index (χ3v) is 3.71. The third-order valence-electron chi connectivity index (χ3n) is 3.71. The van der Waals surface area contributed by atoms with E-state index < -0.39 is 0 Å². The summed E-state index contributed by atoms with van der Waals surface area (Å²) in [6, 6.07) is 12.9. The number of amides is 1. The molecule has 0 aliphatic carbocycles. The summed E-state index contributed by atoms with van der Waals surface area (Å²) in [5, 5.41) is 3.91. The van der Waals surface area contributed by atoms with Crippen molar-refractivity contribution in [1.82, 2.24) is 4.98 Å². The van der Waals surface area contributed by atoms with Gasteiger partial charge in [-0.1, -0.05) is 6.07 Å². The molecule has 0 aliphatic heterocycles. The number of benzene rings is 2. The molecule has 2 aromatic carbocycles. The highest BCUT2D eigenvalue weighted by molar-refractivity contribution is 6.08. The fourth-order valence-corrected chi connectivity index (χ4v) is 2.57. The summed E-state index contributed by atoms with van der Waals surface area (Å²) in [6.07, 6.45) is 1.71. The van der Waals surface area contributed by atoms with Crippen molar-refractivity contribution < 1.29 is 14.3 Å². The first-order valence-electron chi connectivity index (χ1n) is 7.50. The number of anilines is 1. The Kier molecular flexibility index (Phi) is 4.33. The van der Waals surface area contributed by atoms with Crippen LogP contribution >= 0.6 is 0 Å². The van der Waals surface area contributed by atoms with E-state index in [0.29, 0.717) is 22.7 Å². The SMILES string of the molecule is COc1cc(OC)cc(C(=O)Nc2cc(C)cc3cccnc23)c1. The summed E-state index contributed by atoms with van der Waals surface area (Å²) in [5.74, 6) is 0.878. The van der Waals surface area contributed by atoms with Crippen LogP contribution in [-0.2, 0) is 0 Å². The molecule has 0 aliphatic rings. The molecule has 0 saturated heterocycles. The Labute approximate surface area is 140 Å². The zero-order chi connectivity index (χ0) is 17.1. The number of carbonyl (C=O) groups excluding carboxylic acids is 1. The van der Waals surface area contributed by atoms with E-state index in [1.165, 1.54) is 0 Å². The normalized spacial score (nSPS) is 10.5. The first kappa shape index (κ1) is 15.8. The van der Waals surface area contributed by atoms with Crippen LogP contribution in [0.5, 0.6) is 11.5 Å². The van der Waals surface area contributed by atoms with Crippen LogP contribution in [0.15, 0.2) is 48.7 Å². The molecule has 3 rings (SSSR count). The number of nitrogens with zero attached hydrogens (tertiary/aromatic N) is 1. The predicted octanol–water partition coefficient (Wildman–Crippen LogP) is 3.81. The summed E-state index contributed by atoms with van der Waals surface area (Å²) >= 11 is 0. The summed E-state index contributed by atoms with van der Waals surface area (Å²) in [7, 11) is 3.10. The van der Waals surface area contributed by atoms with Crippen molar-refractivity contribution in [3.05, 3.63) is 59.8 Å². The maximum absolute atomic E-state index is 12.7. The molecule has 0 bridgehead atoms. The number of ether oxygens (including phenoxy) is 2. The number of fused-ring (bicyclic) bond motifs is 1. The minimum atomic E-state index is -0.246. The highest BCUT2D eigenvalue weighted by Crippen LogP contribution is 2.26. The number of rotatable bonds is 4. The molecule has 1 amide bonds. The number of aryl methyl sites for hydroxylation is 1. The van der Waals surface area contributed by atoms with Crippen LogP contribution in [0, 0.1) is 6.92 Å². The average molecular weight is 322 g/mol. The van der Waals surface area contributed by atoms with Gasteiger partial charge in [-0.15, -0.1) is 0 Å². The smallest absolute Gasteiger partial charge is 0.255 e. The number of hydrogen-bond acceptors (Lipinski definition) is 4. The Morgan fingerprint density at radius 1 is 1.04 bits per heavy atom. The lowest BCUT2D eigenvalue weighted by atomic mass is 10.1. The molecule has 0 fully saturated rings. The highest BCUT2D eigenvalue weighted by atomic mass is 16.5. The quantitative estimate of drug-likeness (QED) is 0.793. The van der Waals surface area contributed by atoms with Crippen LogP contribution in [0.2, 0.25) is 0 Å². The highest BCUT2D eigenvalue weighted by Gasteiger charge is 2.12. The van der Waals surface area contributed by atoms with Gasteiger partial charge in [-0.05, 0) is 42.8 Å². The van der Waals surface area contributed by atoms with Gasteiger partial charge < -0.3 is 14.8 Å². The van der Waals surface area contributed by atoms with E-state index in [1.54, 1.807) is 38.6 Å². The second-order valence-electron chi connectivity index (χ2n) is 5.44. The summed E-state index contributed by atoms with van der Waals surface area (Å²) in [5.41, 5.74) is 2.94. The lowest BCUT2D eigenvalue weighted by Crippen LogP contribution is -2.13. The van der Waals surface area contributed by atoms with E-state index in [0.717, 1.165) is 16.5 Å². The van der Waals surface area contributed by atoms with Crippen molar-refractivity contribution in [3.63, 3.8) is 0 Å². The lowest BCUT2D eigenvalue weighted by Gasteiger charge is -2.11. The van der Waals surface area contributed by atoms with Gasteiger partial charge in [0, 0.05) is 23.2 Å². The van der Waals surface area contributed by atoms with Crippen LogP contribution in [0.4, 0.5) is 5.69 Å². The topological polar surface area (TPSA) is 60.5 Å². The second kappa shape index (κ2) is 6.58. The molecule has 0 unspecified atom stereocenters. The van der Waals surface area contributed by atoms with Crippen molar-refractivity contribution in [1.29, 1.82) is 0 Å². The van der Waals surface area contributed by atoms with E-state index in [-0.39, 0.29) is 5.91 Å². The largest absolute Gasteiger partial charge is 0.497 e. The van der Waals surface area contributed by atoms with Gasteiger partial charge in [-0.25, -0.2) is 0 Å². The molecule has 122 valence electrons. The van der Waals surface area contributed by atoms with E-state index in [4.69, 9.17) is 9.47 Å². The van der Waals surface area contributed by atoms with Crippen molar-refractivity contribution in [2.75, 3.05) is 19.5 Å². The molecule has 5 heteroatoms. The zero-order valence-electron chi connectivity index (χ0n) is 13.8. The zero-order valence-corrected chi connectivity index (χ0v) is 13.8. The number of hydrogen-bond donors (Lipinski definition) is 1. The van der Waals surface area contributed by atoms with Crippen LogP contribution < -0.4 is 14.8 Å². The summed E-state index contributed by atoms with van der Waals surface area (Å²) in [4.78, 5) is 17.0. The minimum Gasteiger partial charge on any atom is -0.497 e. The molecule has 0 spiro atoms. The fourth-order valence-electron chi connectivity index (χ4n) is 2.57. The number of carbonyl (C=O) groups is 1. The standard InChI is InChI=1S/C19H18N2O3/c1-12-7-13-5-4-6-20-18(13)17(8-12)21-19(22)14-9-15(23-2)11-16(10-14)24-3/h4-11H,1-3H3,(H,21,22). The van der Waals surface area contributed by atoms with Gasteiger partial charge >= 0.3 is 0 Å². The van der Waals surface area contributed by atoms with Gasteiger partial charge in [0.2, 0.25) is 0 Å². The Morgan fingerprint density at radius 2 is 1.75 bits per heavy atom. The molecule has 24 heavy (non-hydrogen) atoms. The summed E-state index contributed by atoms with van der Waals surface area (Å²) in [6.45, 7) is 1.98. The van der Waals surface area contributed by atoms with Gasteiger partial charge in [-0.2, -0.15) is 0 Å². The molecule has 0 saturated carbocycles. The molecule has 0 atom stereocenters. The van der Waals surface area contributed by atoms with E-state index in [1.807, 2.05) is 31.2 Å². The number of aromatic nitrogens is 1. The van der Waals surface area contributed by atoms with Crippen LogP contribution in [0.1, 0.15) is 15.9 Å². The van der Waals surface area contributed by atoms with Crippen molar-refractivity contribution in [3.8, 4) is 11.5 Å². The Morgan fingerprint density at radius 3 is 2.42 bits per heavy atom. The Balaban J connectivity index is 1.98. The first-order chi connectivity index (χ1) is 11.6. The molecule has 1 aromatic heterocycles. The van der Waals surface area contributed by atoms with Gasteiger partial charge in [0.1, 0.15) is 11.5 Å². The molecular formula is C19H18N2O3. The van der Waals surface area contributed by atoms with Crippen LogP contribution in [0.3, 0.4) is 0 Å². The molecule has 5 nitrogen and oxygen atoms in total. The van der Waals surface area contributed by atoms with Gasteiger partial charge in [0.25, 0.3) is 5.91 Å². The molecule has 1 heterocycles. The summed E-state index contributed by atoms with van der Waals surface area (Å²) < 4.78 is 10.4. The lowest BCUT2D eigenvalue weighted by molar-refractivity contribution is 0.102. The maximum atomic E-state index is 12.7. The van der Waals surface area contributed by atoms with E-state index in [9.17, 15) is 4.79 Å². The monoisotopic (exact) mass is 322 g/mol. The second-order valence-corrected chi connectivity index (χ2v) is 5.44. The minimum absolute atomic E-state index is 0.246. The van der Waals surface area contributed by atoms with Crippen LogP contribution in [0.25, 0.3) is 10.9 Å². The first-order valence-corrected chi connectivity index (χ1v) is 7.50. The van der Waals surface area contributed by atoms with Crippen LogP contribution in [-0.4, -0.2) is 25.1 Å². The van der Waals surface area contributed by atoms with Gasteiger partial charge in [-0.3, -0.25) is 9.78 Å². The van der Waals surface area contributed by atoms with Crippen molar-refractivity contribution in [2.24, 2.45) is 0 Å². The van der Waals surface area contributed by atoms with Crippen molar-refractivity contribution >= 4 is 22.5 Å². The van der Waals surface area contributed by atoms with Gasteiger partial charge in [0.15, 0.2) is 0 Å². The maximum Gasteiger partial charge on any atom is 0.255 e. The third kappa shape index (κ3) is 3.15. The fraction of sp³-hybridized carbons (Fsp3) is 0.158. The average Bonchev–Trinajstić information content (AvgIpc) is 2.61. The Hall–Kier alpha value is -3.08. The van der Waals surface area contributed by atoms with Crippen molar-refractivity contribution in [2.45, 2.75) is 6.92 Å². The predicted molar refractivity (Wildman–Crippen MR) is 94.0 cm³/mol.